The zero-order valence-corrected chi connectivity index (χ0v) is 13.9. The Morgan fingerprint density at radius 1 is 1.09 bits per heavy atom. The maximum atomic E-state index is 12.9. The lowest BCUT2D eigenvalue weighted by Crippen LogP contribution is -2.09. The lowest BCUT2D eigenvalue weighted by Gasteiger charge is -2.14. The van der Waals surface area contributed by atoms with Crippen LogP contribution in [0.25, 0.3) is 0 Å². The van der Waals surface area contributed by atoms with Gasteiger partial charge in [0, 0.05) is 41.9 Å². The quantitative estimate of drug-likeness (QED) is 0.762. The highest BCUT2D eigenvalue weighted by Crippen LogP contribution is 2.32. The Kier molecular flexibility index (Phi) is 4.35. The average Bonchev–Trinajstić information content (AvgIpc) is 3.05. The van der Waals surface area contributed by atoms with Crippen molar-refractivity contribution in [2.24, 2.45) is 0 Å². The Morgan fingerprint density at radius 2 is 1.83 bits per heavy atom. The van der Waals surface area contributed by atoms with E-state index in [0.29, 0.717) is 16.1 Å². The van der Waals surface area contributed by atoms with Crippen LogP contribution in [0.15, 0.2) is 72.5 Å². The molecular weight excluding hydrogens is 306 g/mol. The van der Waals surface area contributed by atoms with E-state index in [4.69, 9.17) is 11.6 Å². The first kappa shape index (κ1) is 15.6. The van der Waals surface area contributed by atoms with Gasteiger partial charge in [-0.3, -0.25) is 4.79 Å². The van der Waals surface area contributed by atoms with E-state index >= 15 is 0 Å². The van der Waals surface area contributed by atoms with Gasteiger partial charge in [-0.1, -0.05) is 54.1 Å². The third-order valence-electron chi connectivity index (χ3n) is 4.00. The zero-order chi connectivity index (χ0) is 16.4. The normalized spacial score (nSPS) is 16.3. The van der Waals surface area contributed by atoms with Crippen LogP contribution in [0.5, 0.6) is 0 Å². The number of benzene rings is 2. The molecule has 3 heteroatoms. The van der Waals surface area contributed by atoms with Gasteiger partial charge in [-0.25, -0.2) is 0 Å². The van der Waals surface area contributed by atoms with Gasteiger partial charge in [0.2, 0.25) is 0 Å². The Morgan fingerprint density at radius 3 is 2.48 bits per heavy atom. The fourth-order valence-electron chi connectivity index (χ4n) is 2.75. The van der Waals surface area contributed by atoms with Gasteiger partial charge in [0.25, 0.3) is 0 Å². The summed E-state index contributed by atoms with van der Waals surface area (Å²) in [5, 5.41) is 0.576. The van der Waals surface area contributed by atoms with Crippen LogP contribution in [-0.2, 0) is 0 Å². The second-order valence-corrected chi connectivity index (χ2v) is 6.23. The van der Waals surface area contributed by atoms with E-state index in [2.05, 4.69) is 23.1 Å². The molecule has 0 amide bonds. The molecule has 1 aliphatic rings. The minimum absolute atomic E-state index is 0.00297. The largest absolute Gasteiger partial charge is 0.378 e. The summed E-state index contributed by atoms with van der Waals surface area (Å²) < 4.78 is 0. The Bertz CT molecular complexity index is 791. The molecule has 1 aliphatic carbocycles. The van der Waals surface area contributed by atoms with E-state index in [1.807, 2.05) is 56.6 Å². The summed E-state index contributed by atoms with van der Waals surface area (Å²) in [6.45, 7) is 0. The van der Waals surface area contributed by atoms with Crippen molar-refractivity contribution in [3.8, 4) is 0 Å². The molecule has 2 aromatic carbocycles. The summed E-state index contributed by atoms with van der Waals surface area (Å²) in [7, 11) is 4.02. The monoisotopic (exact) mass is 323 g/mol. The summed E-state index contributed by atoms with van der Waals surface area (Å²) in [5.41, 5.74) is 3.46. The van der Waals surface area contributed by atoms with E-state index in [0.717, 1.165) is 11.3 Å². The highest BCUT2D eigenvalue weighted by molar-refractivity contribution is 6.31. The zero-order valence-electron chi connectivity index (χ0n) is 13.2. The number of ketones is 1. The molecule has 0 saturated carbocycles. The molecular formula is C20H18ClNO. The molecule has 1 unspecified atom stereocenters. The fourth-order valence-corrected chi connectivity index (χ4v) is 2.92. The third-order valence-corrected chi connectivity index (χ3v) is 4.23. The van der Waals surface area contributed by atoms with Crippen LogP contribution in [-0.4, -0.2) is 24.8 Å². The molecule has 0 bridgehead atoms. The maximum absolute atomic E-state index is 12.9. The van der Waals surface area contributed by atoms with Crippen LogP contribution in [0.1, 0.15) is 27.4 Å². The predicted octanol–water partition coefficient (Wildman–Crippen LogP) is 4.67. The molecule has 116 valence electrons. The summed E-state index contributed by atoms with van der Waals surface area (Å²) >= 11 is 6.14. The van der Waals surface area contributed by atoms with Gasteiger partial charge in [0.1, 0.15) is 0 Å². The fraction of sp³-hybridized carbons (Fsp3) is 0.150. The molecule has 0 aromatic heterocycles. The third kappa shape index (κ3) is 3.22. The number of carbonyl (C=O) groups excluding carboxylic acids is 1. The molecule has 0 spiro atoms. The molecule has 1 atom stereocenters. The minimum Gasteiger partial charge on any atom is -0.378 e. The highest BCUT2D eigenvalue weighted by Gasteiger charge is 2.21. The van der Waals surface area contributed by atoms with Crippen LogP contribution in [0.4, 0.5) is 0 Å². The number of hydrogen-bond acceptors (Lipinski definition) is 2. The Balaban J connectivity index is 2.03. The van der Waals surface area contributed by atoms with Gasteiger partial charge >= 0.3 is 0 Å². The summed E-state index contributed by atoms with van der Waals surface area (Å²) in [6, 6.07) is 14.9. The van der Waals surface area contributed by atoms with Gasteiger partial charge in [-0.15, -0.1) is 0 Å². The second kappa shape index (κ2) is 6.43. The van der Waals surface area contributed by atoms with Crippen molar-refractivity contribution in [1.29, 1.82) is 0 Å². The summed E-state index contributed by atoms with van der Waals surface area (Å²) in [5.74, 6) is 0.0931. The molecule has 2 aromatic rings. The molecule has 3 rings (SSSR count). The number of nitrogens with zero attached hydrogens (tertiary/aromatic N) is 1. The standard InChI is InChI=1S/C20H18ClNO/c1-22(2)17-10-8-15(12-17)18-11-9-16(21)13-19(18)20(23)14-6-4-3-5-7-14/h3-13,15H,1-2H3. The molecule has 0 radical (unpaired) electrons. The molecule has 0 saturated heterocycles. The first-order valence-electron chi connectivity index (χ1n) is 7.53. The van der Waals surface area contributed by atoms with Gasteiger partial charge in [0.15, 0.2) is 5.78 Å². The van der Waals surface area contributed by atoms with Gasteiger partial charge in [-0.05, 0) is 29.8 Å². The molecule has 0 heterocycles. The van der Waals surface area contributed by atoms with E-state index < -0.39 is 0 Å². The van der Waals surface area contributed by atoms with Crippen LogP contribution < -0.4 is 0 Å². The van der Waals surface area contributed by atoms with Crippen LogP contribution in [0, 0.1) is 0 Å². The Hall–Kier alpha value is -2.32. The van der Waals surface area contributed by atoms with E-state index in [-0.39, 0.29) is 11.7 Å². The SMILES string of the molecule is CN(C)C1=CC(c2ccc(Cl)cc2C(=O)c2ccccc2)C=C1. The van der Waals surface area contributed by atoms with E-state index in [9.17, 15) is 4.79 Å². The lowest BCUT2D eigenvalue weighted by molar-refractivity contribution is 0.103. The number of likely N-dealkylation sites (N-methyl/N-ethyl adjacent to an activating group) is 1. The number of rotatable bonds is 4. The number of allylic oxidation sites excluding steroid dienone is 3. The lowest BCUT2D eigenvalue weighted by atomic mass is 9.91. The Labute approximate surface area is 141 Å². The van der Waals surface area contributed by atoms with Gasteiger partial charge < -0.3 is 4.90 Å². The van der Waals surface area contributed by atoms with Crippen molar-refractivity contribution in [3.05, 3.63) is 94.2 Å². The van der Waals surface area contributed by atoms with Gasteiger partial charge in [0.05, 0.1) is 0 Å². The molecule has 0 fully saturated rings. The van der Waals surface area contributed by atoms with Crippen LogP contribution >= 0.6 is 11.6 Å². The first-order valence-corrected chi connectivity index (χ1v) is 7.90. The van der Waals surface area contributed by atoms with Crippen molar-refractivity contribution < 1.29 is 4.79 Å². The van der Waals surface area contributed by atoms with E-state index in [1.54, 1.807) is 6.07 Å². The first-order chi connectivity index (χ1) is 11.1. The van der Waals surface area contributed by atoms with E-state index in [1.165, 1.54) is 0 Å². The molecule has 2 nitrogen and oxygen atoms in total. The second-order valence-electron chi connectivity index (χ2n) is 5.80. The topological polar surface area (TPSA) is 20.3 Å². The summed E-state index contributed by atoms with van der Waals surface area (Å²) in [6.07, 6.45) is 6.35. The van der Waals surface area contributed by atoms with Crippen molar-refractivity contribution >= 4 is 17.4 Å². The molecule has 0 N–H and O–H groups in total. The molecule has 23 heavy (non-hydrogen) atoms. The van der Waals surface area contributed by atoms with Crippen LogP contribution in [0.3, 0.4) is 0 Å². The number of carbonyl (C=O) groups is 1. The number of hydrogen-bond donors (Lipinski definition) is 0. The van der Waals surface area contributed by atoms with Crippen molar-refractivity contribution in [2.45, 2.75) is 5.92 Å². The van der Waals surface area contributed by atoms with Crippen molar-refractivity contribution in [2.75, 3.05) is 14.1 Å². The van der Waals surface area contributed by atoms with Crippen LogP contribution in [0.2, 0.25) is 5.02 Å². The molecule has 0 aliphatic heterocycles. The van der Waals surface area contributed by atoms with Crippen molar-refractivity contribution in [1.82, 2.24) is 4.90 Å². The number of halogens is 1. The average molecular weight is 324 g/mol. The maximum Gasteiger partial charge on any atom is 0.193 e. The predicted molar refractivity (Wildman–Crippen MR) is 95.0 cm³/mol. The van der Waals surface area contributed by atoms with Gasteiger partial charge in [-0.2, -0.15) is 0 Å². The minimum atomic E-state index is 0.00297. The smallest absolute Gasteiger partial charge is 0.193 e. The summed E-state index contributed by atoms with van der Waals surface area (Å²) in [4.78, 5) is 14.9. The van der Waals surface area contributed by atoms with Crippen molar-refractivity contribution in [3.63, 3.8) is 0 Å². The highest BCUT2D eigenvalue weighted by atomic mass is 35.5.